The van der Waals surface area contributed by atoms with Gasteiger partial charge in [-0.15, -0.1) is 11.3 Å². The Morgan fingerprint density at radius 1 is 1.53 bits per heavy atom. The van der Waals surface area contributed by atoms with E-state index < -0.39 is 0 Å². The van der Waals surface area contributed by atoms with Crippen LogP contribution in [0.5, 0.6) is 0 Å². The quantitative estimate of drug-likeness (QED) is 0.834. The van der Waals surface area contributed by atoms with Gasteiger partial charge in [0.1, 0.15) is 0 Å². The molecule has 92 valence electrons. The summed E-state index contributed by atoms with van der Waals surface area (Å²) >= 11 is 1.55. The molecule has 1 aromatic rings. The van der Waals surface area contributed by atoms with E-state index in [0.29, 0.717) is 17.1 Å². The fourth-order valence-corrected chi connectivity index (χ4v) is 3.42. The second-order valence-corrected chi connectivity index (χ2v) is 5.83. The topological polar surface area (TPSA) is 62.5 Å². The SMILES string of the molecule is Nc1ncc(CN2CCN3C(=O)CCC3C2)s1. The lowest BCUT2D eigenvalue weighted by atomic mass is 10.1. The molecule has 0 bridgehead atoms. The summed E-state index contributed by atoms with van der Waals surface area (Å²) in [5.41, 5.74) is 5.62. The largest absolute Gasteiger partial charge is 0.375 e. The molecule has 0 radical (unpaired) electrons. The summed E-state index contributed by atoms with van der Waals surface area (Å²) in [5.74, 6) is 0.330. The Labute approximate surface area is 104 Å². The summed E-state index contributed by atoms with van der Waals surface area (Å²) in [7, 11) is 0. The van der Waals surface area contributed by atoms with Gasteiger partial charge in [-0.3, -0.25) is 9.69 Å². The Balaban J connectivity index is 1.62. The zero-order valence-corrected chi connectivity index (χ0v) is 10.4. The highest BCUT2D eigenvalue weighted by Gasteiger charge is 2.35. The molecule has 1 unspecified atom stereocenters. The van der Waals surface area contributed by atoms with Gasteiger partial charge in [-0.25, -0.2) is 4.98 Å². The van der Waals surface area contributed by atoms with Crippen LogP contribution in [0.3, 0.4) is 0 Å². The van der Waals surface area contributed by atoms with Crippen LogP contribution < -0.4 is 5.73 Å². The summed E-state index contributed by atoms with van der Waals surface area (Å²) in [6.45, 7) is 3.73. The van der Waals surface area contributed by atoms with Gasteiger partial charge in [-0.1, -0.05) is 0 Å². The first-order valence-electron chi connectivity index (χ1n) is 5.94. The summed E-state index contributed by atoms with van der Waals surface area (Å²) in [4.78, 5) is 21.3. The molecular weight excluding hydrogens is 236 g/mol. The Kier molecular flexibility index (Phi) is 2.76. The number of fused-ring (bicyclic) bond motifs is 1. The van der Waals surface area contributed by atoms with Gasteiger partial charge < -0.3 is 10.6 Å². The number of aromatic nitrogens is 1. The zero-order valence-electron chi connectivity index (χ0n) is 9.63. The van der Waals surface area contributed by atoms with Crippen LogP contribution in [-0.2, 0) is 11.3 Å². The zero-order chi connectivity index (χ0) is 11.8. The fourth-order valence-electron chi connectivity index (χ4n) is 2.69. The molecule has 6 heteroatoms. The van der Waals surface area contributed by atoms with Crippen LogP contribution in [0.25, 0.3) is 0 Å². The summed E-state index contributed by atoms with van der Waals surface area (Å²) in [6, 6.07) is 0.432. The molecule has 0 spiro atoms. The Bertz CT molecular complexity index is 433. The number of rotatable bonds is 2. The molecule has 2 N–H and O–H groups in total. The van der Waals surface area contributed by atoms with Crippen LogP contribution in [0.4, 0.5) is 5.13 Å². The van der Waals surface area contributed by atoms with E-state index in [1.807, 2.05) is 11.1 Å². The highest BCUT2D eigenvalue weighted by molar-refractivity contribution is 7.15. The van der Waals surface area contributed by atoms with Crippen LogP contribution in [-0.4, -0.2) is 46.4 Å². The average Bonchev–Trinajstić information content (AvgIpc) is 2.87. The lowest BCUT2D eigenvalue weighted by Crippen LogP contribution is -2.50. The van der Waals surface area contributed by atoms with Crippen molar-refractivity contribution in [2.24, 2.45) is 0 Å². The Morgan fingerprint density at radius 3 is 3.18 bits per heavy atom. The number of carbonyl (C=O) groups excluding carboxylic acids is 1. The predicted octanol–water partition coefficient (Wildman–Crippen LogP) is 0.532. The van der Waals surface area contributed by atoms with Crippen molar-refractivity contribution in [2.75, 3.05) is 25.4 Å². The molecule has 5 nitrogen and oxygen atoms in total. The van der Waals surface area contributed by atoms with E-state index in [1.54, 1.807) is 11.3 Å². The molecule has 17 heavy (non-hydrogen) atoms. The van der Waals surface area contributed by atoms with Crippen LogP contribution in [0, 0.1) is 0 Å². The standard InChI is InChI=1S/C11H16N4OS/c12-11-13-5-9(17-11)7-14-3-4-15-8(6-14)1-2-10(15)16/h5,8H,1-4,6-7H2,(H2,12,13). The van der Waals surface area contributed by atoms with Gasteiger partial charge >= 0.3 is 0 Å². The number of anilines is 1. The maximum absolute atomic E-state index is 11.6. The number of hydrogen-bond acceptors (Lipinski definition) is 5. The number of amides is 1. The molecule has 0 aliphatic carbocycles. The van der Waals surface area contributed by atoms with Crippen molar-refractivity contribution in [1.29, 1.82) is 0 Å². The maximum atomic E-state index is 11.6. The molecule has 3 rings (SSSR count). The van der Waals surface area contributed by atoms with E-state index in [-0.39, 0.29) is 0 Å². The van der Waals surface area contributed by atoms with Crippen molar-refractivity contribution in [1.82, 2.24) is 14.8 Å². The lowest BCUT2D eigenvalue weighted by molar-refractivity contribution is -0.130. The van der Waals surface area contributed by atoms with E-state index in [2.05, 4.69) is 9.88 Å². The number of thiazole rings is 1. The molecule has 2 fully saturated rings. The smallest absolute Gasteiger partial charge is 0.222 e. The monoisotopic (exact) mass is 252 g/mol. The summed E-state index contributed by atoms with van der Waals surface area (Å²) in [5, 5.41) is 0.634. The second kappa shape index (κ2) is 4.27. The minimum atomic E-state index is 0.330. The molecule has 0 aromatic carbocycles. The van der Waals surface area contributed by atoms with E-state index in [1.165, 1.54) is 4.88 Å². The van der Waals surface area contributed by atoms with Crippen LogP contribution >= 0.6 is 11.3 Å². The first-order valence-corrected chi connectivity index (χ1v) is 6.76. The van der Waals surface area contributed by atoms with Gasteiger partial charge in [0, 0.05) is 49.7 Å². The number of carbonyl (C=O) groups is 1. The molecular formula is C11H16N4OS. The third-order valence-corrected chi connectivity index (χ3v) is 4.34. The number of nitrogens with zero attached hydrogens (tertiary/aromatic N) is 3. The van der Waals surface area contributed by atoms with E-state index in [4.69, 9.17) is 5.73 Å². The number of hydrogen-bond donors (Lipinski definition) is 1. The van der Waals surface area contributed by atoms with Crippen molar-refractivity contribution < 1.29 is 4.79 Å². The Hall–Kier alpha value is -1.14. The average molecular weight is 252 g/mol. The van der Waals surface area contributed by atoms with Gasteiger partial charge in [0.2, 0.25) is 5.91 Å². The first kappa shape index (κ1) is 11.0. The predicted molar refractivity (Wildman–Crippen MR) is 66.5 cm³/mol. The molecule has 2 aliphatic heterocycles. The van der Waals surface area contributed by atoms with Gasteiger partial charge in [0.15, 0.2) is 5.13 Å². The first-order chi connectivity index (χ1) is 8.22. The molecule has 0 saturated carbocycles. The van der Waals surface area contributed by atoms with Crippen molar-refractivity contribution in [3.05, 3.63) is 11.1 Å². The minimum absolute atomic E-state index is 0.330. The number of nitrogen functional groups attached to an aromatic ring is 1. The highest BCUT2D eigenvalue weighted by atomic mass is 32.1. The minimum Gasteiger partial charge on any atom is -0.375 e. The molecule has 1 atom stereocenters. The van der Waals surface area contributed by atoms with Crippen molar-refractivity contribution >= 4 is 22.4 Å². The molecule has 3 heterocycles. The van der Waals surface area contributed by atoms with E-state index in [9.17, 15) is 4.79 Å². The molecule has 1 amide bonds. The van der Waals surface area contributed by atoms with Gasteiger partial charge in [0.25, 0.3) is 0 Å². The van der Waals surface area contributed by atoms with E-state index >= 15 is 0 Å². The third-order valence-electron chi connectivity index (χ3n) is 3.53. The molecule has 2 aliphatic rings. The highest BCUT2D eigenvalue weighted by Crippen LogP contribution is 2.24. The van der Waals surface area contributed by atoms with Crippen LogP contribution in [0.2, 0.25) is 0 Å². The summed E-state index contributed by atoms with van der Waals surface area (Å²) < 4.78 is 0. The third kappa shape index (κ3) is 2.14. The number of piperazine rings is 1. The second-order valence-electron chi connectivity index (χ2n) is 4.68. The molecule has 1 aromatic heterocycles. The van der Waals surface area contributed by atoms with Crippen LogP contribution in [0.15, 0.2) is 6.20 Å². The maximum Gasteiger partial charge on any atom is 0.222 e. The lowest BCUT2D eigenvalue weighted by Gasteiger charge is -2.37. The van der Waals surface area contributed by atoms with E-state index in [0.717, 1.165) is 39.0 Å². The number of nitrogens with two attached hydrogens (primary N) is 1. The Morgan fingerprint density at radius 2 is 2.41 bits per heavy atom. The van der Waals surface area contributed by atoms with Crippen molar-refractivity contribution in [3.63, 3.8) is 0 Å². The van der Waals surface area contributed by atoms with Crippen molar-refractivity contribution in [2.45, 2.75) is 25.4 Å². The normalized spacial score (nSPS) is 25.3. The van der Waals surface area contributed by atoms with Gasteiger partial charge in [-0.2, -0.15) is 0 Å². The fraction of sp³-hybridized carbons (Fsp3) is 0.636. The van der Waals surface area contributed by atoms with Crippen molar-refractivity contribution in [3.8, 4) is 0 Å². The summed E-state index contributed by atoms with van der Waals surface area (Å²) in [6.07, 6.45) is 3.60. The van der Waals surface area contributed by atoms with Gasteiger partial charge in [0.05, 0.1) is 0 Å². The molecule has 2 saturated heterocycles. The van der Waals surface area contributed by atoms with Crippen LogP contribution in [0.1, 0.15) is 17.7 Å². The van der Waals surface area contributed by atoms with Gasteiger partial charge in [-0.05, 0) is 6.42 Å².